The highest BCUT2D eigenvalue weighted by Crippen LogP contribution is 2.61. The van der Waals surface area contributed by atoms with E-state index in [0.717, 1.165) is 77.5 Å². The van der Waals surface area contributed by atoms with Gasteiger partial charge in [-0.2, -0.15) is 0 Å². The minimum Gasteiger partial charge on any atom is -0.305 e. The maximum atomic E-state index is 2.49. The fourth-order valence-corrected chi connectivity index (χ4v) is 24.2. The van der Waals surface area contributed by atoms with Gasteiger partial charge in [0, 0.05) is 26.2 Å². The average molecular weight is 1610 g/mol. The van der Waals surface area contributed by atoms with Crippen LogP contribution in [0.2, 0.25) is 0 Å². The monoisotopic (exact) mass is 1600 g/mol. The van der Waals surface area contributed by atoms with Gasteiger partial charge in [-0.3, -0.25) is 0 Å². The zero-order chi connectivity index (χ0) is 84.0. The molecule has 0 radical (unpaired) electrons. The Hall–Kier alpha value is -12.6. The van der Waals surface area contributed by atoms with Crippen molar-refractivity contribution in [1.82, 2.24) is 19.6 Å². The fraction of sp³-hybridized carbons (Fsp3) is 0.200. The van der Waals surface area contributed by atoms with E-state index in [1.807, 2.05) is 0 Å². The molecule has 0 saturated heterocycles. The first-order valence-corrected chi connectivity index (χ1v) is 44.8. The van der Waals surface area contributed by atoms with Gasteiger partial charge in [0.15, 0.2) is 0 Å². The maximum absolute atomic E-state index is 2.49. The highest BCUT2D eigenvalue weighted by Gasteiger charge is 2.53. The molecule has 0 bridgehead atoms. The Morgan fingerprint density at radius 1 is 0.169 bits per heavy atom. The fourth-order valence-electron chi connectivity index (χ4n) is 24.2. The molecular formula is C120H108N4. The van der Waals surface area contributed by atoms with Crippen molar-refractivity contribution >= 4 is 0 Å². The summed E-state index contributed by atoms with van der Waals surface area (Å²) in [5, 5.41) is 0. The highest BCUT2D eigenvalue weighted by molar-refractivity contribution is 5.78. The molecule has 8 aliphatic carbocycles. The molecule has 4 heteroatoms. The van der Waals surface area contributed by atoms with Crippen LogP contribution in [0.15, 0.2) is 364 Å². The van der Waals surface area contributed by atoms with E-state index in [-0.39, 0.29) is 21.7 Å². The molecule has 0 aromatic heterocycles. The first-order chi connectivity index (χ1) is 60.7. The van der Waals surface area contributed by atoms with Crippen LogP contribution in [0.5, 0.6) is 0 Å². The van der Waals surface area contributed by atoms with Crippen molar-refractivity contribution in [3.63, 3.8) is 0 Å². The van der Waals surface area contributed by atoms with E-state index in [2.05, 4.69) is 440 Å². The molecule has 8 aliphatic rings. The van der Waals surface area contributed by atoms with Crippen molar-refractivity contribution in [1.29, 1.82) is 0 Å². The summed E-state index contributed by atoms with van der Waals surface area (Å²) >= 11 is 0. The summed E-state index contributed by atoms with van der Waals surface area (Å²) in [6.07, 6.45) is 8.01. The lowest BCUT2D eigenvalue weighted by molar-refractivity contribution is 0.398. The molecule has 4 nitrogen and oxygen atoms in total. The Bertz CT molecular complexity index is 6350. The van der Waals surface area contributed by atoms with Crippen LogP contribution >= 0.6 is 0 Å². The van der Waals surface area contributed by atoms with Crippen molar-refractivity contribution in [2.45, 2.75) is 99.2 Å². The first-order valence-electron chi connectivity index (χ1n) is 44.8. The zero-order valence-corrected chi connectivity index (χ0v) is 72.9. The van der Waals surface area contributed by atoms with Crippen LogP contribution < -0.4 is 0 Å². The van der Waals surface area contributed by atoms with Crippen LogP contribution in [0.4, 0.5) is 0 Å². The summed E-state index contributed by atoms with van der Waals surface area (Å²) < 4.78 is 0. The minimum atomic E-state index is -0.262. The Labute approximate surface area is 734 Å². The lowest BCUT2D eigenvalue weighted by Gasteiger charge is -2.47. The molecular weight excluding hydrogens is 1500 g/mol. The SMILES string of the molecule is CN(C)Cc1ccc2c(c1)C1(c3ccccc3Cc3ccccc31)c1ccccc1C2.CN(C)Cc1ccc2c(c1)Cc1ccccc1C21c2ccccc2Cc2ccccc21.CN(C)Cc1cccc2c1C1(c3ccccc3Cc3ccccc31)c1ccccc1C2.CN(C)Cc1cccc2c1Cc1ccccc1C21c2ccccc2Cc2ccccc21. The number of rotatable bonds is 8. The summed E-state index contributed by atoms with van der Waals surface area (Å²) in [4.78, 5) is 9.09. The van der Waals surface area contributed by atoms with Gasteiger partial charge in [0.25, 0.3) is 0 Å². The molecule has 0 fully saturated rings. The average Bonchev–Trinajstić information content (AvgIpc) is 0.690. The molecule has 16 aromatic carbocycles. The van der Waals surface area contributed by atoms with Crippen molar-refractivity contribution in [3.8, 4) is 0 Å². The van der Waals surface area contributed by atoms with E-state index < -0.39 is 0 Å². The summed E-state index contributed by atoms with van der Waals surface area (Å²) in [5.74, 6) is 0. The third kappa shape index (κ3) is 12.7. The van der Waals surface area contributed by atoms with Crippen LogP contribution in [0.3, 0.4) is 0 Å². The molecule has 4 spiro atoms. The summed E-state index contributed by atoms with van der Waals surface area (Å²) in [6.45, 7) is 3.82. The van der Waals surface area contributed by atoms with E-state index in [9.17, 15) is 0 Å². The molecule has 0 amide bonds. The van der Waals surface area contributed by atoms with Gasteiger partial charge >= 0.3 is 0 Å². The van der Waals surface area contributed by atoms with E-state index >= 15 is 0 Å². The highest BCUT2D eigenvalue weighted by atomic mass is 15.1. The first kappa shape index (κ1) is 78.6. The van der Waals surface area contributed by atoms with Crippen molar-refractivity contribution < 1.29 is 0 Å². The van der Waals surface area contributed by atoms with E-state index in [1.54, 1.807) is 0 Å². The van der Waals surface area contributed by atoms with Crippen LogP contribution in [0, 0.1) is 0 Å². The van der Waals surface area contributed by atoms with Gasteiger partial charge in [-0.15, -0.1) is 0 Å². The van der Waals surface area contributed by atoms with Gasteiger partial charge in [-0.05, 0) is 308 Å². The summed E-state index contributed by atoms with van der Waals surface area (Å²) in [5.41, 5.74) is 51.1. The Kier molecular flexibility index (Phi) is 20.2. The lowest BCUT2D eigenvalue weighted by atomic mass is 9.55. The Balaban J connectivity index is 0.000000101. The largest absolute Gasteiger partial charge is 0.305 e. The normalized spacial score (nSPS) is 15.2. The molecule has 16 aromatic rings. The Morgan fingerprint density at radius 2 is 0.395 bits per heavy atom. The number of fused-ring (bicyclic) bond motifs is 32. The second-order valence-corrected chi connectivity index (χ2v) is 37.1. The quantitative estimate of drug-likeness (QED) is 0.150. The van der Waals surface area contributed by atoms with Crippen LogP contribution in [-0.4, -0.2) is 76.0 Å². The third-order valence-corrected chi connectivity index (χ3v) is 28.5. The lowest BCUT2D eigenvalue weighted by Crippen LogP contribution is -2.41. The molecule has 0 heterocycles. The van der Waals surface area contributed by atoms with Crippen LogP contribution in [-0.2, 0) is 99.2 Å². The topological polar surface area (TPSA) is 13.0 Å². The van der Waals surface area contributed by atoms with E-state index in [4.69, 9.17) is 0 Å². The molecule has 0 unspecified atom stereocenters. The summed E-state index contributed by atoms with van der Waals surface area (Å²) in [7, 11) is 17.3. The molecule has 608 valence electrons. The second-order valence-electron chi connectivity index (χ2n) is 37.1. The number of benzene rings is 16. The van der Waals surface area contributed by atoms with Crippen LogP contribution in [0.1, 0.15) is 200 Å². The van der Waals surface area contributed by atoms with Gasteiger partial charge in [-0.25, -0.2) is 0 Å². The minimum absolute atomic E-state index is 0.244. The third-order valence-electron chi connectivity index (χ3n) is 28.5. The smallest absolute Gasteiger partial charge is 0.0715 e. The van der Waals surface area contributed by atoms with Crippen molar-refractivity contribution in [2.24, 2.45) is 0 Å². The second kappa shape index (κ2) is 31.9. The van der Waals surface area contributed by atoms with Gasteiger partial charge in [0.2, 0.25) is 0 Å². The number of hydrogen-bond donors (Lipinski definition) is 0. The molecule has 0 saturated carbocycles. The van der Waals surface area contributed by atoms with Gasteiger partial charge in [0.05, 0.1) is 21.7 Å². The van der Waals surface area contributed by atoms with Gasteiger partial charge in [0.1, 0.15) is 0 Å². The van der Waals surface area contributed by atoms with Crippen molar-refractivity contribution in [2.75, 3.05) is 56.4 Å². The number of nitrogens with zero attached hydrogens (tertiary/aromatic N) is 4. The predicted molar refractivity (Wildman–Crippen MR) is 511 cm³/mol. The molecule has 0 aliphatic heterocycles. The molecule has 24 rings (SSSR count). The van der Waals surface area contributed by atoms with E-state index in [0.29, 0.717) is 0 Å². The van der Waals surface area contributed by atoms with Gasteiger partial charge < -0.3 is 19.6 Å². The van der Waals surface area contributed by atoms with Crippen molar-refractivity contribution in [3.05, 3.63) is 564 Å². The van der Waals surface area contributed by atoms with Gasteiger partial charge in [-0.1, -0.05) is 364 Å². The maximum Gasteiger partial charge on any atom is 0.0715 e. The molecule has 0 N–H and O–H groups in total. The Morgan fingerprint density at radius 3 is 0.742 bits per heavy atom. The molecule has 0 atom stereocenters. The standard InChI is InChI=1S/4C30H27N/c1-31(2)20-25-14-9-13-24-19-23-12-5-8-17-28(23)30(29(24)25)26-15-6-3-10-21(26)18-22-11-4-7-16-27(22)30;1-31(2)20-24-13-9-17-29-25(24)19-23-12-5-8-16-28(23)30(29)26-14-6-3-10-21(26)18-22-11-4-7-15-27(22)30;1-31(2)20-21-15-16-29-25(17-21)19-24-11-5-8-14-28(24)30(29)26-12-6-3-9-22(26)18-23-10-4-7-13-27(23)30;1-31(2)20-21-15-16-25-19-24-11-5-8-14-28(24)30(29(25)17-21)26-12-6-3-9-22(26)18-23-10-4-7-13-27(23)30/h4*3-17H,18-20H2,1-2H3. The molecule has 124 heavy (non-hydrogen) atoms. The summed E-state index contributed by atoms with van der Waals surface area (Å²) in [6, 6.07) is 138. The van der Waals surface area contributed by atoms with Crippen LogP contribution in [0.25, 0.3) is 0 Å². The zero-order valence-electron chi connectivity index (χ0n) is 72.9. The predicted octanol–water partition coefficient (Wildman–Crippen LogP) is 23.8. The number of hydrogen-bond acceptors (Lipinski definition) is 4. The van der Waals surface area contributed by atoms with E-state index in [1.165, 1.54) is 200 Å².